The van der Waals surface area contributed by atoms with Crippen molar-refractivity contribution in [1.82, 2.24) is 5.32 Å². The molecule has 0 aromatic heterocycles. The van der Waals surface area contributed by atoms with Gasteiger partial charge in [0.15, 0.2) is 5.78 Å². The molecule has 0 spiro atoms. The molecule has 2 saturated heterocycles. The number of hydrogen-bond donors (Lipinski definition) is 6. The number of nitrogens with one attached hydrogen (secondary N) is 1. The highest BCUT2D eigenvalue weighted by Crippen LogP contribution is 2.42. The number of carbonyl (C=O) groups is 2. The van der Waals surface area contributed by atoms with Gasteiger partial charge in [0.1, 0.15) is 41.7 Å². The molecule has 0 bridgehead atoms. The van der Waals surface area contributed by atoms with Gasteiger partial charge in [-0.3, -0.25) is 9.59 Å². The van der Waals surface area contributed by atoms with Gasteiger partial charge in [-0.15, -0.1) is 0 Å². The zero-order chi connectivity index (χ0) is 26.4. The summed E-state index contributed by atoms with van der Waals surface area (Å²) < 4.78 is 16.5. The third kappa shape index (κ3) is 4.37. The monoisotopic (exact) mass is 515 g/mol. The van der Waals surface area contributed by atoms with Crippen molar-refractivity contribution in [2.24, 2.45) is 0 Å². The Hall–Kier alpha value is -3.06. The number of methoxy groups -OCH3 is 1. The number of rotatable bonds is 5. The summed E-state index contributed by atoms with van der Waals surface area (Å²) in [6.45, 7) is 0.960. The van der Waals surface area contributed by atoms with Crippen molar-refractivity contribution in [3.63, 3.8) is 0 Å². The first-order chi connectivity index (χ1) is 17.7. The number of piperidine rings is 1. The number of benzene rings is 2. The van der Waals surface area contributed by atoms with Crippen molar-refractivity contribution in [1.29, 1.82) is 0 Å². The molecule has 2 aliphatic heterocycles. The number of phenols is 1. The van der Waals surface area contributed by atoms with Crippen LogP contribution in [0.3, 0.4) is 0 Å². The van der Waals surface area contributed by atoms with E-state index in [0.29, 0.717) is 0 Å². The predicted molar refractivity (Wildman–Crippen MR) is 127 cm³/mol. The van der Waals surface area contributed by atoms with E-state index < -0.39 is 48.9 Å². The number of aliphatic hydroxyl groups excluding tert-OH is 4. The minimum atomic E-state index is -1.73. The van der Waals surface area contributed by atoms with Crippen LogP contribution >= 0.6 is 0 Å². The Morgan fingerprint density at radius 2 is 1.65 bits per heavy atom. The van der Waals surface area contributed by atoms with Crippen LogP contribution < -0.4 is 14.8 Å². The third-order valence-corrected chi connectivity index (χ3v) is 7.30. The van der Waals surface area contributed by atoms with Gasteiger partial charge in [0.05, 0.1) is 24.8 Å². The van der Waals surface area contributed by atoms with E-state index in [1.165, 1.54) is 25.3 Å². The normalized spacial score (nSPS) is 28.0. The van der Waals surface area contributed by atoms with Gasteiger partial charge in [0, 0.05) is 17.2 Å². The molecule has 11 heteroatoms. The van der Waals surface area contributed by atoms with Gasteiger partial charge in [0.25, 0.3) is 0 Å². The van der Waals surface area contributed by atoms with Crippen molar-refractivity contribution < 1.29 is 49.3 Å². The minimum absolute atomic E-state index is 0.0155. The Labute approximate surface area is 212 Å². The quantitative estimate of drug-likeness (QED) is 0.266. The van der Waals surface area contributed by atoms with Gasteiger partial charge in [-0.1, -0.05) is 0 Å². The van der Waals surface area contributed by atoms with Gasteiger partial charge >= 0.3 is 0 Å². The summed E-state index contributed by atoms with van der Waals surface area (Å²) in [6.07, 6.45) is -6.19. The van der Waals surface area contributed by atoms with E-state index in [-0.39, 0.29) is 45.4 Å². The summed E-state index contributed by atoms with van der Waals surface area (Å²) in [4.78, 5) is 27.3. The van der Waals surface area contributed by atoms with Crippen LogP contribution in [0.1, 0.15) is 56.2 Å². The molecule has 0 radical (unpaired) electrons. The molecule has 0 saturated carbocycles. The lowest BCUT2D eigenvalue weighted by molar-refractivity contribution is -0.277. The van der Waals surface area contributed by atoms with E-state index in [9.17, 15) is 35.1 Å². The molecule has 0 amide bonds. The predicted octanol–water partition coefficient (Wildman–Crippen LogP) is -0.178. The number of ketones is 2. The van der Waals surface area contributed by atoms with E-state index in [1.54, 1.807) is 6.07 Å². The first kappa shape index (κ1) is 25.6. The molecule has 198 valence electrons. The standard InChI is InChI=1S/C26H29NO10/c1-35-13-8-15-20(17(9-13)36-26-25(34)24(33)22(31)18(10-28)37-26)23(32)19-14(21(15)30)6-12(7-16(19)29)11-2-4-27-5-3-11/h6-9,11,18,22,24-29,31,33-34H,2-5,10H2,1H3/t18-,22-,24+,25-,26-/m1/s1. The second-order valence-electron chi connectivity index (χ2n) is 9.51. The fourth-order valence-electron chi connectivity index (χ4n) is 5.23. The lowest BCUT2D eigenvalue weighted by Gasteiger charge is -2.39. The molecule has 5 atom stereocenters. The Morgan fingerprint density at radius 3 is 2.32 bits per heavy atom. The molecule has 1 aliphatic carbocycles. The summed E-state index contributed by atoms with van der Waals surface area (Å²) in [7, 11) is 1.36. The fraction of sp³-hybridized carbons (Fsp3) is 0.462. The molecule has 37 heavy (non-hydrogen) atoms. The van der Waals surface area contributed by atoms with Crippen LogP contribution in [0.5, 0.6) is 17.2 Å². The number of phenolic OH excluding ortho intramolecular Hbond substituents is 1. The molecule has 0 unspecified atom stereocenters. The minimum Gasteiger partial charge on any atom is -0.507 e. The topological polar surface area (TPSA) is 175 Å². The van der Waals surface area contributed by atoms with Crippen LogP contribution in [0.2, 0.25) is 0 Å². The average molecular weight is 516 g/mol. The number of carbonyl (C=O) groups excluding carboxylic acids is 2. The van der Waals surface area contributed by atoms with Crippen molar-refractivity contribution in [3.05, 3.63) is 52.1 Å². The molecule has 2 heterocycles. The van der Waals surface area contributed by atoms with Gasteiger partial charge in [0.2, 0.25) is 12.1 Å². The lowest BCUT2D eigenvalue weighted by atomic mass is 9.79. The van der Waals surface area contributed by atoms with E-state index >= 15 is 0 Å². The average Bonchev–Trinajstić information content (AvgIpc) is 2.91. The highest BCUT2D eigenvalue weighted by molar-refractivity contribution is 6.30. The van der Waals surface area contributed by atoms with Crippen LogP contribution in [0.25, 0.3) is 0 Å². The maximum atomic E-state index is 13.7. The van der Waals surface area contributed by atoms with E-state index in [4.69, 9.17) is 14.2 Å². The number of hydrogen-bond acceptors (Lipinski definition) is 11. The summed E-state index contributed by atoms with van der Waals surface area (Å²) in [5.74, 6) is -1.36. The molecule has 2 fully saturated rings. The Morgan fingerprint density at radius 1 is 0.946 bits per heavy atom. The fourth-order valence-corrected chi connectivity index (χ4v) is 5.23. The van der Waals surface area contributed by atoms with Gasteiger partial charge in [-0.25, -0.2) is 0 Å². The van der Waals surface area contributed by atoms with E-state index in [0.717, 1.165) is 31.5 Å². The van der Waals surface area contributed by atoms with Crippen LogP contribution in [0, 0.1) is 0 Å². The van der Waals surface area contributed by atoms with Crippen LogP contribution in [-0.2, 0) is 4.74 Å². The van der Waals surface area contributed by atoms with Crippen LogP contribution in [0.15, 0.2) is 24.3 Å². The Kier molecular flexibility index (Phi) is 6.92. The van der Waals surface area contributed by atoms with Crippen molar-refractivity contribution in [3.8, 4) is 17.2 Å². The number of aliphatic hydroxyl groups is 4. The molecule has 11 nitrogen and oxygen atoms in total. The highest BCUT2D eigenvalue weighted by Gasteiger charge is 2.46. The zero-order valence-electron chi connectivity index (χ0n) is 20.1. The summed E-state index contributed by atoms with van der Waals surface area (Å²) in [5.41, 5.74) is 0.526. The zero-order valence-corrected chi connectivity index (χ0v) is 20.1. The van der Waals surface area contributed by atoms with Crippen molar-refractivity contribution in [2.75, 3.05) is 26.8 Å². The largest absolute Gasteiger partial charge is 0.507 e. The third-order valence-electron chi connectivity index (χ3n) is 7.30. The summed E-state index contributed by atoms with van der Waals surface area (Å²) >= 11 is 0. The number of fused-ring (bicyclic) bond motifs is 2. The van der Waals surface area contributed by atoms with Crippen molar-refractivity contribution in [2.45, 2.75) is 49.5 Å². The molecule has 2 aromatic carbocycles. The summed E-state index contributed by atoms with van der Waals surface area (Å²) in [6, 6.07) is 5.89. The highest BCUT2D eigenvalue weighted by atomic mass is 16.7. The van der Waals surface area contributed by atoms with Crippen molar-refractivity contribution >= 4 is 11.6 Å². The molecular formula is C26H29NO10. The second-order valence-corrected chi connectivity index (χ2v) is 9.51. The smallest absolute Gasteiger partial charge is 0.229 e. The van der Waals surface area contributed by atoms with E-state index in [1.807, 2.05) is 0 Å². The SMILES string of the molecule is COc1cc(O[C@@H]2O[C@H](CO)[C@@H](O)[C@H](O)[C@H]2O)c2c(c1)C(=O)c1cc(C3CCNCC3)cc(O)c1C2=O. The maximum absolute atomic E-state index is 13.7. The maximum Gasteiger partial charge on any atom is 0.229 e. The second kappa shape index (κ2) is 10.0. The molecular weight excluding hydrogens is 486 g/mol. The Bertz CT molecular complexity index is 1220. The van der Waals surface area contributed by atoms with Gasteiger partial charge < -0.3 is 45.1 Å². The molecule has 6 N–H and O–H groups in total. The Balaban J connectivity index is 1.56. The molecule has 2 aromatic rings. The van der Waals surface area contributed by atoms with Crippen LogP contribution in [0.4, 0.5) is 0 Å². The molecule has 5 rings (SSSR count). The number of ether oxygens (including phenoxy) is 3. The van der Waals surface area contributed by atoms with Gasteiger partial charge in [-0.2, -0.15) is 0 Å². The molecule has 3 aliphatic rings. The van der Waals surface area contributed by atoms with Gasteiger partial charge in [-0.05, 0) is 55.6 Å². The first-order valence-electron chi connectivity index (χ1n) is 12.1. The first-order valence-corrected chi connectivity index (χ1v) is 12.1. The lowest BCUT2D eigenvalue weighted by Crippen LogP contribution is -2.60. The summed E-state index contributed by atoms with van der Waals surface area (Å²) in [5, 5.41) is 54.2. The van der Waals surface area contributed by atoms with Crippen LogP contribution in [-0.4, -0.2) is 94.6 Å². The van der Waals surface area contributed by atoms with E-state index in [2.05, 4.69) is 5.32 Å². The number of aromatic hydroxyl groups is 1.